The lowest BCUT2D eigenvalue weighted by Gasteiger charge is -2.11. The van der Waals surface area contributed by atoms with Crippen LogP contribution in [-0.2, 0) is 0 Å². The second kappa shape index (κ2) is 7.57. The van der Waals surface area contributed by atoms with E-state index in [4.69, 9.17) is 13.9 Å². The summed E-state index contributed by atoms with van der Waals surface area (Å²) < 4.78 is 17.3. The molecule has 128 valence electrons. The van der Waals surface area contributed by atoms with Gasteiger partial charge < -0.3 is 13.9 Å². The molecule has 3 aromatic rings. The smallest absolute Gasteiger partial charge is 0.221 e. The molecule has 1 heterocycles. The van der Waals surface area contributed by atoms with Gasteiger partial charge in [0.15, 0.2) is 17.3 Å². The Morgan fingerprint density at radius 2 is 2.04 bits per heavy atom. The first-order valence-electron chi connectivity index (χ1n) is 7.83. The fraction of sp³-hybridized carbons (Fsp3) is 0.150. The van der Waals surface area contributed by atoms with Crippen molar-refractivity contribution < 1.29 is 18.7 Å². The Kier molecular flexibility index (Phi) is 5.24. The molecule has 0 spiro atoms. The number of carbonyl (C=O) groups is 1. The van der Waals surface area contributed by atoms with Crippen LogP contribution in [-0.4, -0.2) is 19.5 Å². The summed E-state index contributed by atoms with van der Waals surface area (Å²) in [4.78, 5) is 12.4. The van der Waals surface area contributed by atoms with Crippen LogP contribution in [0, 0.1) is 0 Å². The number of hydrogen-bond acceptors (Lipinski definition) is 4. The van der Waals surface area contributed by atoms with Gasteiger partial charge in [0.25, 0.3) is 0 Å². The molecule has 0 saturated carbocycles. The van der Waals surface area contributed by atoms with Gasteiger partial charge in [0.2, 0.25) is 5.78 Å². The fourth-order valence-electron chi connectivity index (χ4n) is 2.50. The van der Waals surface area contributed by atoms with Crippen LogP contribution in [0.1, 0.15) is 23.0 Å². The number of furan rings is 1. The van der Waals surface area contributed by atoms with Crippen molar-refractivity contribution in [3.8, 4) is 11.5 Å². The quantitative estimate of drug-likeness (QED) is 0.404. The summed E-state index contributed by atoms with van der Waals surface area (Å²) in [6, 6.07) is 13.0. The van der Waals surface area contributed by atoms with Gasteiger partial charge in [0.05, 0.1) is 18.2 Å². The average molecular weight is 401 g/mol. The van der Waals surface area contributed by atoms with Gasteiger partial charge in [-0.1, -0.05) is 24.3 Å². The van der Waals surface area contributed by atoms with Crippen molar-refractivity contribution in [3.05, 3.63) is 64.3 Å². The Hall–Kier alpha value is -2.53. The molecular weight excluding hydrogens is 384 g/mol. The van der Waals surface area contributed by atoms with Crippen LogP contribution in [0.4, 0.5) is 0 Å². The molecule has 0 fully saturated rings. The number of carbonyl (C=O) groups excluding carboxylic acids is 1. The summed E-state index contributed by atoms with van der Waals surface area (Å²) in [5.74, 6) is 1.37. The number of fused-ring (bicyclic) bond motifs is 1. The van der Waals surface area contributed by atoms with Crippen LogP contribution in [0.2, 0.25) is 0 Å². The number of benzene rings is 2. The third-order valence-corrected chi connectivity index (χ3v) is 4.22. The topological polar surface area (TPSA) is 48.7 Å². The summed E-state index contributed by atoms with van der Waals surface area (Å²) >= 11 is 3.46. The second-order valence-corrected chi connectivity index (χ2v) is 6.17. The number of methoxy groups -OCH3 is 1. The van der Waals surface area contributed by atoms with Crippen molar-refractivity contribution in [3.63, 3.8) is 0 Å². The van der Waals surface area contributed by atoms with Gasteiger partial charge in [-0.25, -0.2) is 0 Å². The van der Waals surface area contributed by atoms with Crippen LogP contribution in [0.5, 0.6) is 11.5 Å². The molecule has 1 aromatic heterocycles. The molecule has 25 heavy (non-hydrogen) atoms. The number of para-hydroxylation sites is 1. The first-order chi connectivity index (χ1) is 12.1. The molecule has 3 rings (SSSR count). The Balaban J connectivity index is 1.86. The number of allylic oxidation sites excluding steroid dienone is 1. The van der Waals surface area contributed by atoms with Crippen molar-refractivity contribution >= 4 is 38.8 Å². The lowest BCUT2D eigenvalue weighted by Crippen LogP contribution is -1.97. The molecule has 0 bridgehead atoms. The predicted molar refractivity (Wildman–Crippen MR) is 101 cm³/mol. The van der Waals surface area contributed by atoms with Crippen LogP contribution in [0.25, 0.3) is 17.0 Å². The number of ketones is 1. The zero-order valence-electron chi connectivity index (χ0n) is 13.9. The van der Waals surface area contributed by atoms with Gasteiger partial charge in [0.1, 0.15) is 5.58 Å². The summed E-state index contributed by atoms with van der Waals surface area (Å²) in [7, 11) is 1.59. The van der Waals surface area contributed by atoms with Crippen LogP contribution >= 0.6 is 15.9 Å². The molecule has 0 unspecified atom stereocenters. The summed E-state index contributed by atoms with van der Waals surface area (Å²) in [5.41, 5.74) is 1.52. The maximum atomic E-state index is 12.4. The first kappa shape index (κ1) is 17.3. The highest BCUT2D eigenvalue weighted by atomic mass is 79.9. The zero-order chi connectivity index (χ0) is 17.8. The largest absolute Gasteiger partial charge is 0.492 e. The van der Waals surface area contributed by atoms with Crippen molar-refractivity contribution in [1.82, 2.24) is 0 Å². The van der Waals surface area contributed by atoms with Gasteiger partial charge >= 0.3 is 0 Å². The molecular formula is C20H17BrO4. The van der Waals surface area contributed by atoms with Gasteiger partial charge in [-0.2, -0.15) is 0 Å². The Morgan fingerprint density at radius 1 is 1.24 bits per heavy atom. The molecule has 0 N–H and O–H groups in total. The molecule has 2 aromatic carbocycles. The highest BCUT2D eigenvalue weighted by Gasteiger charge is 2.12. The van der Waals surface area contributed by atoms with E-state index in [1.165, 1.54) is 6.08 Å². The number of halogens is 1. The molecule has 0 amide bonds. The van der Waals surface area contributed by atoms with E-state index < -0.39 is 0 Å². The van der Waals surface area contributed by atoms with Crippen molar-refractivity contribution in [2.45, 2.75) is 6.92 Å². The second-order valence-electron chi connectivity index (χ2n) is 5.31. The third-order valence-electron chi connectivity index (χ3n) is 3.63. The average Bonchev–Trinajstić information content (AvgIpc) is 3.04. The fourth-order valence-corrected chi connectivity index (χ4v) is 3.12. The number of rotatable bonds is 6. The molecule has 0 aliphatic heterocycles. The Bertz CT molecular complexity index is 907. The minimum atomic E-state index is -0.193. The minimum Gasteiger partial charge on any atom is -0.492 e. The highest BCUT2D eigenvalue weighted by Crippen LogP contribution is 2.37. The van der Waals surface area contributed by atoms with E-state index in [1.807, 2.05) is 43.3 Å². The zero-order valence-corrected chi connectivity index (χ0v) is 15.5. The maximum Gasteiger partial charge on any atom is 0.221 e. The third kappa shape index (κ3) is 3.77. The lowest BCUT2D eigenvalue weighted by molar-refractivity contribution is 0.102. The molecule has 0 aliphatic rings. The SMILES string of the molecule is CCOc1cc(/C=C/C(=O)c2cc3ccccc3o2)cc(Br)c1OC. The van der Waals surface area contributed by atoms with Crippen molar-refractivity contribution in [2.75, 3.05) is 13.7 Å². The van der Waals surface area contributed by atoms with E-state index >= 15 is 0 Å². The monoisotopic (exact) mass is 400 g/mol. The van der Waals surface area contributed by atoms with Gasteiger partial charge in [-0.15, -0.1) is 0 Å². The minimum absolute atomic E-state index is 0.193. The molecule has 5 heteroatoms. The van der Waals surface area contributed by atoms with E-state index in [2.05, 4.69) is 15.9 Å². The van der Waals surface area contributed by atoms with E-state index in [9.17, 15) is 4.79 Å². The van der Waals surface area contributed by atoms with Crippen molar-refractivity contribution in [1.29, 1.82) is 0 Å². The normalized spacial score (nSPS) is 11.2. The van der Waals surface area contributed by atoms with E-state index in [0.717, 1.165) is 15.4 Å². The molecule has 0 aliphatic carbocycles. The molecule has 0 atom stereocenters. The highest BCUT2D eigenvalue weighted by molar-refractivity contribution is 9.10. The number of hydrogen-bond donors (Lipinski definition) is 0. The molecule has 0 saturated heterocycles. The number of ether oxygens (including phenoxy) is 2. The van der Waals surface area contributed by atoms with Gasteiger partial charge in [-0.05, 0) is 58.8 Å². The predicted octanol–water partition coefficient (Wildman–Crippen LogP) is 5.50. The van der Waals surface area contributed by atoms with E-state index in [1.54, 1.807) is 19.3 Å². The Labute approximate surface area is 154 Å². The molecule has 0 radical (unpaired) electrons. The van der Waals surface area contributed by atoms with Crippen LogP contribution < -0.4 is 9.47 Å². The van der Waals surface area contributed by atoms with Crippen LogP contribution in [0.3, 0.4) is 0 Å². The maximum absolute atomic E-state index is 12.4. The first-order valence-corrected chi connectivity index (χ1v) is 8.63. The van der Waals surface area contributed by atoms with E-state index in [0.29, 0.717) is 29.4 Å². The van der Waals surface area contributed by atoms with Crippen LogP contribution in [0.15, 0.2) is 57.4 Å². The lowest BCUT2D eigenvalue weighted by atomic mass is 10.1. The standard InChI is InChI=1S/C20H17BrO4/c1-3-24-19-11-13(10-15(21)20(19)23-2)8-9-16(22)18-12-14-6-4-5-7-17(14)25-18/h4-12H,3H2,1-2H3/b9-8+. The summed E-state index contributed by atoms with van der Waals surface area (Å²) in [5, 5.41) is 0.907. The molecule has 4 nitrogen and oxygen atoms in total. The van der Waals surface area contributed by atoms with E-state index in [-0.39, 0.29) is 5.78 Å². The summed E-state index contributed by atoms with van der Waals surface area (Å²) in [6.45, 7) is 2.43. The summed E-state index contributed by atoms with van der Waals surface area (Å²) in [6.07, 6.45) is 3.21. The Morgan fingerprint density at radius 3 is 2.76 bits per heavy atom. The van der Waals surface area contributed by atoms with Crippen molar-refractivity contribution in [2.24, 2.45) is 0 Å². The van der Waals surface area contributed by atoms with Gasteiger partial charge in [0, 0.05) is 5.39 Å². The van der Waals surface area contributed by atoms with Gasteiger partial charge in [-0.3, -0.25) is 4.79 Å².